The van der Waals surface area contributed by atoms with E-state index in [1.54, 1.807) is 24.5 Å². The van der Waals surface area contributed by atoms with Crippen molar-refractivity contribution in [3.05, 3.63) is 36.4 Å². The molecule has 0 aliphatic carbocycles. The Morgan fingerprint density at radius 1 is 1.20 bits per heavy atom. The highest BCUT2D eigenvalue weighted by Crippen LogP contribution is 2.34. The standard InChI is InChI=1S/C14H15N7O3S/c15-25(23,24)11-4-1-3-10(13(11)14-18-20-21-19-14)9-7-16-12(17-8-9)5-2-6-22/h1,3-4,7-8,22H,2,5-6H2,(H2,15,23,24)(H,18,19,20,21). The van der Waals surface area contributed by atoms with Gasteiger partial charge >= 0.3 is 0 Å². The molecule has 3 aromatic rings. The third-order valence-electron chi connectivity index (χ3n) is 3.48. The Morgan fingerprint density at radius 3 is 2.56 bits per heavy atom. The van der Waals surface area contributed by atoms with E-state index >= 15 is 0 Å². The van der Waals surface area contributed by atoms with Gasteiger partial charge in [0.25, 0.3) is 0 Å². The van der Waals surface area contributed by atoms with Gasteiger partial charge in [-0.1, -0.05) is 12.1 Å². The number of nitrogens with two attached hydrogens (primary N) is 1. The molecule has 0 atom stereocenters. The van der Waals surface area contributed by atoms with Crippen molar-refractivity contribution in [2.75, 3.05) is 6.61 Å². The van der Waals surface area contributed by atoms with Gasteiger partial charge in [0.15, 0.2) is 0 Å². The van der Waals surface area contributed by atoms with Crippen molar-refractivity contribution in [3.8, 4) is 22.5 Å². The Hall–Kier alpha value is -2.76. The van der Waals surface area contributed by atoms with E-state index in [1.807, 2.05) is 0 Å². The minimum atomic E-state index is -4.00. The molecular weight excluding hydrogens is 346 g/mol. The van der Waals surface area contributed by atoms with Crippen LogP contribution in [0.1, 0.15) is 12.2 Å². The summed E-state index contributed by atoms with van der Waals surface area (Å²) in [5, 5.41) is 27.7. The molecule has 2 heterocycles. The SMILES string of the molecule is NS(=O)(=O)c1cccc(-c2cnc(CCCO)nc2)c1-c1nn[nH]n1. The molecule has 0 spiro atoms. The average Bonchev–Trinajstić information content (AvgIpc) is 3.13. The van der Waals surface area contributed by atoms with Gasteiger partial charge in [-0.15, -0.1) is 10.2 Å². The molecule has 3 rings (SSSR count). The summed E-state index contributed by atoms with van der Waals surface area (Å²) in [5.74, 6) is 0.686. The van der Waals surface area contributed by atoms with E-state index in [2.05, 4.69) is 30.6 Å². The lowest BCUT2D eigenvalue weighted by Crippen LogP contribution is -2.14. The fourth-order valence-corrected chi connectivity index (χ4v) is 3.12. The number of aryl methyl sites for hydroxylation is 1. The van der Waals surface area contributed by atoms with Crippen molar-refractivity contribution in [3.63, 3.8) is 0 Å². The number of hydrogen-bond donors (Lipinski definition) is 3. The van der Waals surface area contributed by atoms with E-state index in [0.29, 0.717) is 29.8 Å². The number of aromatic nitrogens is 6. The smallest absolute Gasteiger partial charge is 0.238 e. The number of benzene rings is 1. The first-order chi connectivity index (χ1) is 12.0. The third kappa shape index (κ3) is 3.68. The Labute approximate surface area is 143 Å². The van der Waals surface area contributed by atoms with Crippen LogP contribution in [0.4, 0.5) is 0 Å². The van der Waals surface area contributed by atoms with Crippen LogP contribution in [0.5, 0.6) is 0 Å². The molecule has 4 N–H and O–H groups in total. The minimum Gasteiger partial charge on any atom is -0.396 e. The molecule has 10 nitrogen and oxygen atoms in total. The number of H-pyrrole nitrogens is 1. The highest BCUT2D eigenvalue weighted by Gasteiger charge is 2.22. The zero-order chi connectivity index (χ0) is 17.9. The summed E-state index contributed by atoms with van der Waals surface area (Å²) in [5.41, 5.74) is 1.32. The second-order valence-electron chi connectivity index (χ2n) is 5.17. The van der Waals surface area contributed by atoms with Crippen LogP contribution in [-0.2, 0) is 16.4 Å². The maximum Gasteiger partial charge on any atom is 0.238 e. The van der Waals surface area contributed by atoms with Crippen molar-refractivity contribution < 1.29 is 13.5 Å². The molecule has 0 fully saturated rings. The maximum absolute atomic E-state index is 11.9. The quantitative estimate of drug-likeness (QED) is 0.548. The molecule has 130 valence electrons. The van der Waals surface area contributed by atoms with Crippen molar-refractivity contribution in [1.82, 2.24) is 30.6 Å². The molecule has 0 unspecified atom stereocenters. The number of rotatable bonds is 6. The number of aliphatic hydroxyl groups is 1. The van der Waals surface area contributed by atoms with Crippen molar-refractivity contribution in [1.29, 1.82) is 0 Å². The van der Waals surface area contributed by atoms with E-state index in [4.69, 9.17) is 10.2 Å². The Balaban J connectivity index is 2.13. The van der Waals surface area contributed by atoms with E-state index in [1.165, 1.54) is 6.07 Å². The number of primary sulfonamides is 1. The van der Waals surface area contributed by atoms with Gasteiger partial charge in [-0.2, -0.15) is 5.21 Å². The van der Waals surface area contributed by atoms with Gasteiger partial charge in [0.2, 0.25) is 15.8 Å². The van der Waals surface area contributed by atoms with E-state index in [9.17, 15) is 8.42 Å². The number of aromatic amines is 1. The van der Waals surface area contributed by atoms with Crippen LogP contribution in [-0.4, -0.2) is 50.7 Å². The maximum atomic E-state index is 11.9. The van der Waals surface area contributed by atoms with E-state index < -0.39 is 10.0 Å². The Kier molecular flexibility index (Phi) is 4.79. The van der Waals surface area contributed by atoms with Gasteiger partial charge in [0.1, 0.15) is 5.82 Å². The van der Waals surface area contributed by atoms with Crippen LogP contribution in [0.25, 0.3) is 22.5 Å². The summed E-state index contributed by atoms with van der Waals surface area (Å²) in [7, 11) is -4.00. The monoisotopic (exact) mass is 361 g/mol. The number of aliphatic hydroxyl groups excluding tert-OH is 1. The van der Waals surface area contributed by atoms with E-state index in [0.717, 1.165) is 0 Å². The topological polar surface area (TPSA) is 161 Å². The predicted molar refractivity (Wildman–Crippen MR) is 87.4 cm³/mol. The van der Waals surface area contributed by atoms with E-state index in [-0.39, 0.29) is 22.9 Å². The summed E-state index contributed by atoms with van der Waals surface area (Å²) in [6.45, 7) is 0.0590. The van der Waals surface area contributed by atoms with Gasteiger partial charge in [-0.3, -0.25) is 0 Å². The molecule has 0 radical (unpaired) electrons. The van der Waals surface area contributed by atoms with Gasteiger partial charge in [0.05, 0.1) is 10.5 Å². The molecular formula is C14H15N7O3S. The van der Waals surface area contributed by atoms with Crippen molar-refractivity contribution in [2.24, 2.45) is 5.14 Å². The molecule has 0 bridgehead atoms. The zero-order valence-corrected chi connectivity index (χ0v) is 13.8. The van der Waals surface area contributed by atoms with Gasteiger partial charge in [-0.05, 0) is 23.3 Å². The van der Waals surface area contributed by atoms with Gasteiger partial charge < -0.3 is 5.11 Å². The average molecular weight is 361 g/mol. The Morgan fingerprint density at radius 2 is 1.96 bits per heavy atom. The summed E-state index contributed by atoms with van der Waals surface area (Å²) < 4.78 is 23.9. The lowest BCUT2D eigenvalue weighted by atomic mass is 10.0. The largest absolute Gasteiger partial charge is 0.396 e. The fraction of sp³-hybridized carbons (Fsp3) is 0.214. The van der Waals surface area contributed by atoms with Gasteiger partial charge in [-0.25, -0.2) is 23.5 Å². The van der Waals surface area contributed by atoms with Crippen molar-refractivity contribution in [2.45, 2.75) is 17.7 Å². The highest BCUT2D eigenvalue weighted by atomic mass is 32.2. The number of sulfonamides is 1. The lowest BCUT2D eigenvalue weighted by Gasteiger charge is -2.11. The second kappa shape index (κ2) is 7.01. The number of nitrogens with zero attached hydrogens (tertiary/aromatic N) is 5. The predicted octanol–water partition coefficient (Wildman–Crippen LogP) is -0.104. The summed E-state index contributed by atoms with van der Waals surface area (Å²) in [6.07, 6.45) is 4.26. The molecule has 25 heavy (non-hydrogen) atoms. The highest BCUT2D eigenvalue weighted by molar-refractivity contribution is 7.89. The normalized spacial score (nSPS) is 11.6. The van der Waals surface area contributed by atoms with Crippen LogP contribution >= 0.6 is 0 Å². The summed E-state index contributed by atoms with van der Waals surface area (Å²) >= 11 is 0. The second-order valence-corrected chi connectivity index (χ2v) is 6.70. The van der Waals surface area contributed by atoms with Crippen molar-refractivity contribution >= 4 is 10.0 Å². The van der Waals surface area contributed by atoms with Crippen LogP contribution < -0.4 is 5.14 Å². The first kappa shape index (κ1) is 17.1. The number of tetrazole rings is 1. The molecule has 0 saturated carbocycles. The van der Waals surface area contributed by atoms with Crippen LogP contribution in [0, 0.1) is 0 Å². The van der Waals surface area contributed by atoms with Gasteiger partial charge in [0, 0.05) is 31.0 Å². The number of hydrogen-bond acceptors (Lipinski definition) is 8. The van der Waals surface area contributed by atoms with Crippen LogP contribution in [0.3, 0.4) is 0 Å². The molecule has 11 heteroatoms. The summed E-state index contributed by atoms with van der Waals surface area (Å²) in [6, 6.07) is 4.64. The molecule has 0 aliphatic heterocycles. The zero-order valence-electron chi connectivity index (χ0n) is 13.0. The molecule has 0 aliphatic rings. The minimum absolute atomic E-state index is 0.0590. The first-order valence-electron chi connectivity index (χ1n) is 7.32. The fourth-order valence-electron chi connectivity index (χ4n) is 2.37. The van der Waals surface area contributed by atoms with Crippen LogP contribution in [0.2, 0.25) is 0 Å². The van der Waals surface area contributed by atoms with Crippen LogP contribution in [0.15, 0.2) is 35.5 Å². The number of nitrogens with one attached hydrogen (secondary N) is 1. The molecule has 1 aromatic carbocycles. The third-order valence-corrected chi connectivity index (χ3v) is 4.43. The lowest BCUT2D eigenvalue weighted by molar-refractivity contribution is 0.287. The molecule has 0 saturated heterocycles. The molecule has 2 aromatic heterocycles. The first-order valence-corrected chi connectivity index (χ1v) is 8.87. The molecule has 0 amide bonds. The summed E-state index contributed by atoms with van der Waals surface area (Å²) in [4.78, 5) is 8.36. The Bertz CT molecular complexity index is 957.